The van der Waals surface area contributed by atoms with E-state index < -0.39 is 0 Å². The van der Waals surface area contributed by atoms with Crippen molar-refractivity contribution in [1.82, 2.24) is 0 Å². The predicted molar refractivity (Wildman–Crippen MR) is 96.5 cm³/mol. The molecule has 2 rings (SSSR count). The van der Waals surface area contributed by atoms with Crippen molar-refractivity contribution in [1.29, 1.82) is 0 Å². The highest BCUT2D eigenvalue weighted by atomic mass is 79.9. The fourth-order valence-electron chi connectivity index (χ4n) is 2.04. The van der Waals surface area contributed by atoms with Crippen LogP contribution in [0.3, 0.4) is 0 Å². The van der Waals surface area contributed by atoms with Gasteiger partial charge in [0.05, 0.1) is 26.3 Å². The van der Waals surface area contributed by atoms with Gasteiger partial charge in [0.15, 0.2) is 0 Å². The summed E-state index contributed by atoms with van der Waals surface area (Å²) in [6.07, 6.45) is 0. The fourth-order valence-corrected chi connectivity index (χ4v) is 3.84. The number of anilines is 1. The van der Waals surface area contributed by atoms with Crippen LogP contribution in [-0.4, -0.2) is 6.61 Å². The first kappa shape index (κ1) is 16.7. The lowest BCUT2D eigenvalue weighted by atomic mass is 10.1. The van der Waals surface area contributed by atoms with Gasteiger partial charge in [-0.15, -0.1) is 0 Å². The molecule has 0 heterocycles. The number of hydrogen-bond donors (Lipinski definition) is 1. The van der Waals surface area contributed by atoms with Crippen molar-refractivity contribution in [3.63, 3.8) is 0 Å². The zero-order valence-electron chi connectivity index (χ0n) is 11.8. The molecule has 112 valence electrons. The monoisotopic (exact) mass is 431 g/mol. The van der Waals surface area contributed by atoms with Gasteiger partial charge in [0, 0.05) is 6.54 Å². The third kappa shape index (κ3) is 4.15. The second kappa shape index (κ2) is 7.52. The summed E-state index contributed by atoms with van der Waals surface area (Å²) in [4.78, 5) is 0. The second-order valence-electron chi connectivity index (χ2n) is 4.61. The van der Waals surface area contributed by atoms with Gasteiger partial charge >= 0.3 is 0 Å². The maximum absolute atomic E-state index is 6.22. The SMILES string of the molecule is CCOc1c(Br)cc(CNc2c(C)cccc2Cl)cc1Br. The quantitative estimate of drug-likeness (QED) is 0.608. The van der Waals surface area contributed by atoms with Crippen LogP contribution in [-0.2, 0) is 6.54 Å². The van der Waals surface area contributed by atoms with Gasteiger partial charge in [-0.1, -0.05) is 23.7 Å². The molecule has 0 bridgehead atoms. The number of hydrogen-bond acceptors (Lipinski definition) is 2. The minimum absolute atomic E-state index is 0.633. The van der Waals surface area contributed by atoms with Gasteiger partial charge in [0.2, 0.25) is 0 Å². The summed E-state index contributed by atoms with van der Waals surface area (Å²) >= 11 is 13.3. The molecule has 0 aliphatic carbocycles. The van der Waals surface area contributed by atoms with Crippen molar-refractivity contribution in [3.05, 3.63) is 55.4 Å². The zero-order chi connectivity index (χ0) is 15.4. The Morgan fingerprint density at radius 2 is 1.86 bits per heavy atom. The van der Waals surface area contributed by atoms with Gasteiger partial charge < -0.3 is 10.1 Å². The molecule has 0 amide bonds. The normalized spacial score (nSPS) is 10.5. The molecular weight excluding hydrogens is 417 g/mol. The molecule has 0 aliphatic heterocycles. The highest BCUT2D eigenvalue weighted by molar-refractivity contribution is 9.11. The van der Waals surface area contributed by atoms with E-state index in [9.17, 15) is 0 Å². The van der Waals surface area contributed by atoms with Crippen molar-refractivity contribution in [3.8, 4) is 5.75 Å². The number of nitrogens with one attached hydrogen (secondary N) is 1. The molecule has 5 heteroatoms. The molecular formula is C16H16Br2ClNO. The summed E-state index contributed by atoms with van der Waals surface area (Å²) in [5, 5.41) is 4.12. The zero-order valence-corrected chi connectivity index (χ0v) is 15.8. The highest BCUT2D eigenvalue weighted by Crippen LogP contribution is 2.35. The van der Waals surface area contributed by atoms with Crippen LogP contribution < -0.4 is 10.1 Å². The van der Waals surface area contributed by atoms with Crippen molar-refractivity contribution in [2.45, 2.75) is 20.4 Å². The summed E-state index contributed by atoms with van der Waals surface area (Å²) in [5.74, 6) is 0.829. The van der Waals surface area contributed by atoms with Crippen LogP contribution in [0.4, 0.5) is 5.69 Å². The summed E-state index contributed by atoms with van der Waals surface area (Å²) in [6.45, 7) is 5.33. The first-order chi connectivity index (χ1) is 10.0. The number of para-hydroxylation sites is 1. The predicted octanol–water partition coefficient (Wildman–Crippen LogP) is 6.18. The molecule has 2 aromatic rings. The number of ether oxygens (including phenoxy) is 1. The van der Waals surface area contributed by atoms with Crippen molar-refractivity contribution < 1.29 is 4.74 Å². The molecule has 0 aliphatic rings. The minimum Gasteiger partial charge on any atom is -0.492 e. The van der Waals surface area contributed by atoms with E-state index in [2.05, 4.69) is 49.3 Å². The van der Waals surface area contributed by atoms with Crippen LogP contribution in [0.1, 0.15) is 18.1 Å². The molecule has 0 spiro atoms. The third-order valence-corrected chi connectivity index (χ3v) is 4.53. The van der Waals surface area contributed by atoms with E-state index in [1.807, 2.05) is 32.0 Å². The molecule has 0 atom stereocenters. The van der Waals surface area contributed by atoms with E-state index in [0.29, 0.717) is 13.2 Å². The molecule has 0 aromatic heterocycles. The van der Waals surface area contributed by atoms with Crippen LogP contribution in [0.5, 0.6) is 5.75 Å². The second-order valence-corrected chi connectivity index (χ2v) is 6.72. The first-order valence-electron chi connectivity index (χ1n) is 6.62. The molecule has 2 aromatic carbocycles. The van der Waals surface area contributed by atoms with E-state index in [-0.39, 0.29) is 0 Å². The maximum Gasteiger partial charge on any atom is 0.147 e. The van der Waals surface area contributed by atoms with Crippen LogP contribution in [0, 0.1) is 6.92 Å². The fraction of sp³-hybridized carbons (Fsp3) is 0.250. The summed E-state index contributed by atoms with van der Waals surface area (Å²) < 4.78 is 7.46. The number of rotatable bonds is 5. The van der Waals surface area contributed by atoms with E-state index in [4.69, 9.17) is 16.3 Å². The van der Waals surface area contributed by atoms with Crippen LogP contribution in [0.25, 0.3) is 0 Å². The summed E-state index contributed by atoms with van der Waals surface area (Å²) in [5.41, 5.74) is 3.24. The number of halogens is 3. The van der Waals surface area contributed by atoms with E-state index >= 15 is 0 Å². The third-order valence-electron chi connectivity index (χ3n) is 3.04. The minimum atomic E-state index is 0.633. The summed E-state index contributed by atoms with van der Waals surface area (Å²) in [7, 11) is 0. The highest BCUT2D eigenvalue weighted by Gasteiger charge is 2.09. The largest absolute Gasteiger partial charge is 0.492 e. The Kier molecular flexibility index (Phi) is 5.97. The van der Waals surface area contributed by atoms with E-state index in [0.717, 1.165) is 36.5 Å². The number of benzene rings is 2. The molecule has 0 saturated heterocycles. The smallest absolute Gasteiger partial charge is 0.147 e. The maximum atomic E-state index is 6.22. The molecule has 0 unspecified atom stereocenters. The summed E-state index contributed by atoms with van der Waals surface area (Å²) in [6, 6.07) is 9.98. The molecule has 0 saturated carbocycles. The average Bonchev–Trinajstić information content (AvgIpc) is 2.42. The molecule has 1 N–H and O–H groups in total. The lowest BCUT2D eigenvalue weighted by molar-refractivity contribution is 0.336. The van der Waals surface area contributed by atoms with Crippen molar-refractivity contribution in [2.75, 3.05) is 11.9 Å². The van der Waals surface area contributed by atoms with Gasteiger partial charge in [-0.05, 0) is 75.0 Å². The molecule has 0 radical (unpaired) electrons. The molecule has 2 nitrogen and oxygen atoms in total. The Morgan fingerprint density at radius 1 is 1.19 bits per heavy atom. The first-order valence-corrected chi connectivity index (χ1v) is 8.59. The lowest BCUT2D eigenvalue weighted by Crippen LogP contribution is -2.03. The Labute approximate surface area is 147 Å². The van der Waals surface area contributed by atoms with Gasteiger partial charge in [0.1, 0.15) is 5.75 Å². The lowest BCUT2D eigenvalue weighted by Gasteiger charge is -2.14. The van der Waals surface area contributed by atoms with Crippen LogP contribution in [0.2, 0.25) is 5.02 Å². The van der Waals surface area contributed by atoms with Crippen molar-refractivity contribution >= 4 is 49.1 Å². The average molecular weight is 434 g/mol. The Bertz CT molecular complexity index is 603. The van der Waals surface area contributed by atoms with Gasteiger partial charge in [-0.25, -0.2) is 0 Å². The Morgan fingerprint density at radius 3 is 2.43 bits per heavy atom. The number of aryl methyl sites for hydroxylation is 1. The van der Waals surface area contributed by atoms with Gasteiger partial charge in [-0.2, -0.15) is 0 Å². The molecule has 0 fully saturated rings. The van der Waals surface area contributed by atoms with E-state index in [1.165, 1.54) is 0 Å². The van der Waals surface area contributed by atoms with Crippen LogP contribution >= 0.6 is 43.5 Å². The van der Waals surface area contributed by atoms with Crippen molar-refractivity contribution in [2.24, 2.45) is 0 Å². The van der Waals surface area contributed by atoms with Gasteiger partial charge in [0.25, 0.3) is 0 Å². The Hall–Kier alpha value is -0.710. The standard InChI is InChI=1S/C16H16Br2ClNO/c1-3-21-16-12(17)7-11(8-13(16)18)9-20-15-10(2)5-4-6-14(15)19/h4-8,20H,3,9H2,1-2H3. The van der Waals surface area contributed by atoms with Crippen LogP contribution in [0.15, 0.2) is 39.3 Å². The van der Waals surface area contributed by atoms with E-state index in [1.54, 1.807) is 0 Å². The van der Waals surface area contributed by atoms with Gasteiger partial charge in [-0.3, -0.25) is 0 Å². The Balaban J connectivity index is 2.17. The topological polar surface area (TPSA) is 21.3 Å². The molecule has 21 heavy (non-hydrogen) atoms.